The van der Waals surface area contributed by atoms with Crippen LogP contribution < -0.4 is 15.0 Å². The fourth-order valence-corrected chi connectivity index (χ4v) is 3.77. The molecule has 2 aromatic carbocycles. The van der Waals surface area contributed by atoms with E-state index < -0.39 is 0 Å². The molecule has 150 valence electrons. The number of carbonyl (C=O) groups is 1. The smallest absolute Gasteiger partial charge is 0.257 e. The van der Waals surface area contributed by atoms with Crippen LogP contribution in [0, 0.1) is 5.92 Å². The summed E-state index contributed by atoms with van der Waals surface area (Å²) in [7, 11) is 1.61. The standard InChI is InChI=1S/C23H26N4O2/c1-3-16-10-12-18(13-11-16)24-22(28)17-7-6-14-27(15-17)21-23(29-2)26-20-9-5-4-8-19(20)25-21/h4-5,8-13,17H,3,6-7,14-15H2,1-2H3,(H,24,28). The number of nitrogens with one attached hydrogen (secondary N) is 1. The summed E-state index contributed by atoms with van der Waals surface area (Å²) < 4.78 is 5.50. The number of hydrogen-bond donors (Lipinski definition) is 1. The van der Waals surface area contributed by atoms with E-state index in [9.17, 15) is 4.79 Å². The average molecular weight is 390 g/mol. The lowest BCUT2D eigenvalue weighted by Crippen LogP contribution is -2.41. The fourth-order valence-electron chi connectivity index (χ4n) is 3.77. The topological polar surface area (TPSA) is 67.4 Å². The molecule has 0 saturated carbocycles. The Kier molecular flexibility index (Phi) is 5.60. The number of benzene rings is 2. The molecule has 1 atom stereocenters. The van der Waals surface area contributed by atoms with Crippen molar-refractivity contribution in [2.75, 3.05) is 30.4 Å². The molecule has 1 aromatic heterocycles. The Morgan fingerprint density at radius 2 is 1.86 bits per heavy atom. The summed E-state index contributed by atoms with van der Waals surface area (Å²) >= 11 is 0. The molecule has 3 aromatic rings. The first-order valence-corrected chi connectivity index (χ1v) is 10.1. The predicted octanol–water partition coefficient (Wildman–Crippen LogP) is 4.06. The van der Waals surface area contributed by atoms with Crippen LogP contribution in [-0.4, -0.2) is 36.1 Å². The van der Waals surface area contributed by atoms with E-state index in [1.165, 1.54) is 5.56 Å². The van der Waals surface area contributed by atoms with Gasteiger partial charge < -0.3 is 15.0 Å². The molecule has 1 fully saturated rings. The Balaban J connectivity index is 1.51. The van der Waals surface area contributed by atoms with Gasteiger partial charge in [0.05, 0.1) is 24.1 Å². The first-order valence-electron chi connectivity index (χ1n) is 10.1. The van der Waals surface area contributed by atoms with E-state index in [1.807, 2.05) is 36.4 Å². The molecule has 2 heterocycles. The number of ether oxygens (including phenoxy) is 1. The van der Waals surface area contributed by atoms with E-state index >= 15 is 0 Å². The number of aromatic nitrogens is 2. The van der Waals surface area contributed by atoms with Gasteiger partial charge >= 0.3 is 0 Å². The highest BCUT2D eigenvalue weighted by atomic mass is 16.5. The lowest BCUT2D eigenvalue weighted by Gasteiger charge is -2.33. The molecule has 1 aliphatic heterocycles. The van der Waals surface area contributed by atoms with Crippen LogP contribution >= 0.6 is 0 Å². The molecule has 6 heteroatoms. The largest absolute Gasteiger partial charge is 0.478 e. The van der Waals surface area contributed by atoms with Crippen molar-refractivity contribution in [3.05, 3.63) is 54.1 Å². The maximum absolute atomic E-state index is 12.9. The minimum absolute atomic E-state index is 0.0478. The summed E-state index contributed by atoms with van der Waals surface area (Å²) in [5.41, 5.74) is 3.72. The van der Waals surface area contributed by atoms with Gasteiger partial charge in [0, 0.05) is 18.8 Å². The molecule has 1 aliphatic rings. The third-order valence-electron chi connectivity index (χ3n) is 5.44. The van der Waals surface area contributed by atoms with Gasteiger partial charge in [-0.3, -0.25) is 4.79 Å². The van der Waals surface area contributed by atoms with Gasteiger partial charge in [0.15, 0.2) is 5.82 Å². The number of para-hydroxylation sites is 2. The van der Waals surface area contributed by atoms with Gasteiger partial charge in [-0.05, 0) is 49.1 Å². The third kappa shape index (κ3) is 4.16. The Bertz CT molecular complexity index is 1000. The van der Waals surface area contributed by atoms with Crippen LogP contribution in [-0.2, 0) is 11.2 Å². The number of methoxy groups -OCH3 is 1. The molecule has 1 amide bonds. The monoisotopic (exact) mass is 390 g/mol. The maximum atomic E-state index is 12.9. The molecule has 29 heavy (non-hydrogen) atoms. The predicted molar refractivity (Wildman–Crippen MR) is 115 cm³/mol. The van der Waals surface area contributed by atoms with Crippen LogP contribution in [0.2, 0.25) is 0 Å². The van der Waals surface area contributed by atoms with Gasteiger partial charge in [0.25, 0.3) is 5.88 Å². The molecule has 0 aliphatic carbocycles. The number of hydrogen-bond acceptors (Lipinski definition) is 5. The summed E-state index contributed by atoms with van der Waals surface area (Å²) in [5, 5.41) is 3.06. The van der Waals surface area contributed by atoms with Gasteiger partial charge in [-0.1, -0.05) is 31.2 Å². The number of fused-ring (bicyclic) bond motifs is 1. The van der Waals surface area contributed by atoms with Crippen LogP contribution in [0.1, 0.15) is 25.3 Å². The molecule has 1 N–H and O–H groups in total. The van der Waals surface area contributed by atoms with Crippen molar-refractivity contribution < 1.29 is 9.53 Å². The van der Waals surface area contributed by atoms with Gasteiger partial charge in [-0.25, -0.2) is 9.97 Å². The lowest BCUT2D eigenvalue weighted by atomic mass is 9.97. The summed E-state index contributed by atoms with van der Waals surface area (Å²) in [6.45, 7) is 3.55. The SMILES string of the molecule is CCc1ccc(NC(=O)C2CCCN(c3nc4ccccc4nc3OC)C2)cc1. The zero-order valence-corrected chi connectivity index (χ0v) is 16.9. The number of anilines is 2. The van der Waals surface area contributed by atoms with Crippen LogP contribution in [0.15, 0.2) is 48.5 Å². The minimum atomic E-state index is -0.104. The number of carbonyl (C=O) groups excluding carboxylic acids is 1. The van der Waals surface area contributed by atoms with Crippen LogP contribution in [0.25, 0.3) is 11.0 Å². The minimum Gasteiger partial charge on any atom is -0.478 e. The van der Waals surface area contributed by atoms with Gasteiger partial charge in [-0.15, -0.1) is 0 Å². The van der Waals surface area contributed by atoms with Crippen molar-refractivity contribution in [3.8, 4) is 5.88 Å². The first kappa shape index (κ1) is 19.2. The number of rotatable bonds is 5. The van der Waals surface area contributed by atoms with Crippen molar-refractivity contribution in [2.24, 2.45) is 5.92 Å². The Morgan fingerprint density at radius 1 is 1.14 bits per heavy atom. The quantitative estimate of drug-likeness (QED) is 0.712. The van der Waals surface area contributed by atoms with E-state index in [0.717, 1.165) is 42.5 Å². The summed E-state index contributed by atoms with van der Waals surface area (Å²) in [6.07, 6.45) is 2.77. The number of piperidine rings is 1. The Hall–Kier alpha value is -3.15. The highest BCUT2D eigenvalue weighted by Crippen LogP contribution is 2.30. The van der Waals surface area contributed by atoms with Crippen LogP contribution in [0.3, 0.4) is 0 Å². The molecule has 0 bridgehead atoms. The molecule has 4 rings (SSSR count). The van der Waals surface area contributed by atoms with Crippen LogP contribution in [0.4, 0.5) is 11.5 Å². The number of aryl methyl sites for hydroxylation is 1. The van der Waals surface area contributed by atoms with Crippen molar-refractivity contribution >= 4 is 28.4 Å². The van der Waals surface area contributed by atoms with Crippen molar-refractivity contribution in [1.29, 1.82) is 0 Å². The zero-order chi connectivity index (χ0) is 20.2. The molecule has 0 radical (unpaired) electrons. The second kappa shape index (κ2) is 8.47. The molecular weight excluding hydrogens is 364 g/mol. The van der Waals surface area contributed by atoms with Gasteiger partial charge in [-0.2, -0.15) is 0 Å². The second-order valence-electron chi connectivity index (χ2n) is 7.37. The van der Waals surface area contributed by atoms with Gasteiger partial charge in [0.2, 0.25) is 5.91 Å². The maximum Gasteiger partial charge on any atom is 0.257 e. The molecule has 6 nitrogen and oxygen atoms in total. The van der Waals surface area contributed by atoms with E-state index in [0.29, 0.717) is 18.2 Å². The first-order chi connectivity index (χ1) is 14.2. The van der Waals surface area contributed by atoms with Gasteiger partial charge in [0.1, 0.15) is 0 Å². The van der Waals surface area contributed by atoms with E-state index in [-0.39, 0.29) is 11.8 Å². The van der Waals surface area contributed by atoms with E-state index in [4.69, 9.17) is 9.72 Å². The van der Waals surface area contributed by atoms with E-state index in [2.05, 4.69) is 34.3 Å². The summed E-state index contributed by atoms with van der Waals surface area (Å²) in [5.74, 6) is 1.15. The molecule has 1 saturated heterocycles. The van der Waals surface area contributed by atoms with Crippen molar-refractivity contribution in [3.63, 3.8) is 0 Å². The Morgan fingerprint density at radius 3 is 2.55 bits per heavy atom. The summed E-state index contributed by atoms with van der Waals surface area (Å²) in [4.78, 5) is 24.3. The van der Waals surface area contributed by atoms with Crippen LogP contribution in [0.5, 0.6) is 5.88 Å². The molecule has 0 spiro atoms. The highest BCUT2D eigenvalue weighted by Gasteiger charge is 2.28. The highest BCUT2D eigenvalue weighted by molar-refractivity contribution is 5.93. The Labute approximate surface area is 170 Å². The number of nitrogens with zero attached hydrogens (tertiary/aromatic N) is 3. The summed E-state index contributed by atoms with van der Waals surface area (Å²) in [6, 6.07) is 15.8. The second-order valence-corrected chi connectivity index (χ2v) is 7.37. The normalized spacial score (nSPS) is 16.6. The zero-order valence-electron chi connectivity index (χ0n) is 16.9. The third-order valence-corrected chi connectivity index (χ3v) is 5.44. The molecule has 1 unspecified atom stereocenters. The van der Waals surface area contributed by atoms with Crippen molar-refractivity contribution in [1.82, 2.24) is 9.97 Å². The van der Waals surface area contributed by atoms with E-state index in [1.54, 1.807) is 7.11 Å². The fraction of sp³-hybridized carbons (Fsp3) is 0.348. The average Bonchev–Trinajstić information content (AvgIpc) is 2.78. The van der Waals surface area contributed by atoms with Crippen molar-refractivity contribution in [2.45, 2.75) is 26.2 Å². The molecular formula is C23H26N4O2. The lowest BCUT2D eigenvalue weighted by molar-refractivity contribution is -0.120. The number of amides is 1.